The first kappa shape index (κ1) is 9.92. The summed E-state index contributed by atoms with van der Waals surface area (Å²) in [4.78, 5) is 22.2. The van der Waals surface area contributed by atoms with Crippen LogP contribution in [-0.2, 0) is 7.05 Å². The van der Waals surface area contributed by atoms with Crippen LogP contribution < -0.4 is 4.87 Å². The van der Waals surface area contributed by atoms with Crippen molar-refractivity contribution in [1.82, 2.24) is 4.57 Å². The van der Waals surface area contributed by atoms with E-state index in [-0.39, 0.29) is 10.4 Å². The van der Waals surface area contributed by atoms with E-state index in [0.29, 0.717) is 11.1 Å². The first-order valence-electron chi connectivity index (χ1n) is 4.35. The quantitative estimate of drug-likeness (QED) is 0.799. The van der Waals surface area contributed by atoms with Crippen molar-refractivity contribution in [2.75, 3.05) is 0 Å². The molecule has 0 amide bonds. The minimum atomic E-state index is -0.965. The van der Waals surface area contributed by atoms with Crippen molar-refractivity contribution in [2.24, 2.45) is 7.05 Å². The van der Waals surface area contributed by atoms with E-state index in [0.717, 1.165) is 16.0 Å². The van der Waals surface area contributed by atoms with Gasteiger partial charge in [-0.15, -0.1) is 0 Å². The SMILES string of the molecule is Cc1c(C(=O)O)ccc2sc(=O)n(C)c12. The molecule has 0 fully saturated rings. The molecule has 1 aromatic heterocycles. The lowest BCUT2D eigenvalue weighted by molar-refractivity contribution is 0.0696. The first-order chi connectivity index (χ1) is 7.02. The molecule has 4 nitrogen and oxygen atoms in total. The Morgan fingerprint density at radius 2 is 2.13 bits per heavy atom. The van der Waals surface area contributed by atoms with Gasteiger partial charge in [-0.05, 0) is 24.6 Å². The van der Waals surface area contributed by atoms with Gasteiger partial charge in [0.2, 0.25) is 0 Å². The molecular weight excluding hydrogens is 214 g/mol. The van der Waals surface area contributed by atoms with Crippen molar-refractivity contribution >= 4 is 27.5 Å². The van der Waals surface area contributed by atoms with Crippen LogP contribution in [-0.4, -0.2) is 15.6 Å². The number of thiazole rings is 1. The standard InChI is InChI=1S/C10H9NO3S/c1-5-6(9(12)13)3-4-7-8(5)11(2)10(14)15-7/h3-4H,1-2H3,(H,12,13). The lowest BCUT2D eigenvalue weighted by Gasteiger charge is -2.03. The van der Waals surface area contributed by atoms with Crippen molar-refractivity contribution in [3.8, 4) is 0 Å². The average molecular weight is 223 g/mol. The van der Waals surface area contributed by atoms with E-state index in [4.69, 9.17) is 5.11 Å². The molecule has 1 aromatic carbocycles. The second kappa shape index (κ2) is 3.20. The largest absolute Gasteiger partial charge is 0.478 e. The molecule has 0 spiro atoms. The highest BCUT2D eigenvalue weighted by molar-refractivity contribution is 7.16. The molecule has 1 N–H and O–H groups in total. The summed E-state index contributed by atoms with van der Waals surface area (Å²) in [6, 6.07) is 3.22. The van der Waals surface area contributed by atoms with E-state index < -0.39 is 5.97 Å². The second-order valence-electron chi connectivity index (χ2n) is 3.32. The van der Waals surface area contributed by atoms with Gasteiger partial charge in [-0.3, -0.25) is 4.79 Å². The molecule has 5 heteroatoms. The third-order valence-corrected chi connectivity index (χ3v) is 3.43. The topological polar surface area (TPSA) is 59.3 Å². The Balaban J connectivity index is 2.95. The van der Waals surface area contributed by atoms with Gasteiger partial charge in [-0.2, -0.15) is 0 Å². The number of aromatic carboxylic acids is 1. The maximum Gasteiger partial charge on any atom is 0.336 e. The molecule has 15 heavy (non-hydrogen) atoms. The van der Waals surface area contributed by atoms with Crippen molar-refractivity contribution < 1.29 is 9.90 Å². The minimum Gasteiger partial charge on any atom is -0.478 e. The highest BCUT2D eigenvalue weighted by atomic mass is 32.1. The predicted molar refractivity (Wildman–Crippen MR) is 58.8 cm³/mol. The number of hydrogen-bond donors (Lipinski definition) is 1. The third kappa shape index (κ3) is 1.35. The van der Waals surface area contributed by atoms with Crippen molar-refractivity contribution in [2.45, 2.75) is 6.92 Å². The Morgan fingerprint density at radius 3 is 2.73 bits per heavy atom. The van der Waals surface area contributed by atoms with Gasteiger partial charge in [0, 0.05) is 7.05 Å². The lowest BCUT2D eigenvalue weighted by Crippen LogP contribution is -2.08. The number of nitrogens with zero attached hydrogens (tertiary/aromatic N) is 1. The summed E-state index contributed by atoms with van der Waals surface area (Å²) in [5.41, 5.74) is 1.60. The Kier molecular flexibility index (Phi) is 2.12. The zero-order chi connectivity index (χ0) is 11.2. The fourth-order valence-corrected chi connectivity index (χ4v) is 2.60. The normalized spacial score (nSPS) is 10.8. The molecule has 0 saturated heterocycles. The lowest BCUT2D eigenvalue weighted by atomic mass is 10.1. The van der Waals surface area contributed by atoms with Crippen molar-refractivity contribution in [1.29, 1.82) is 0 Å². The summed E-state index contributed by atoms with van der Waals surface area (Å²) < 4.78 is 2.31. The van der Waals surface area contributed by atoms with Crippen LogP contribution >= 0.6 is 11.3 Å². The summed E-state index contributed by atoms with van der Waals surface area (Å²) in [7, 11) is 1.65. The van der Waals surface area contributed by atoms with Crippen LogP contribution in [0.4, 0.5) is 0 Å². The second-order valence-corrected chi connectivity index (χ2v) is 4.31. The number of carboxylic acids is 1. The van der Waals surface area contributed by atoms with Crippen LogP contribution in [0.3, 0.4) is 0 Å². The van der Waals surface area contributed by atoms with E-state index >= 15 is 0 Å². The molecule has 0 aliphatic heterocycles. The van der Waals surface area contributed by atoms with Gasteiger partial charge in [-0.1, -0.05) is 11.3 Å². The summed E-state index contributed by atoms with van der Waals surface area (Å²) in [5, 5.41) is 8.94. The maximum absolute atomic E-state index is 11.4. The zero-order valence-electron chi connectivity index (χ0n) is 8.27. The number of aromatic nitrogens is 1. The van der Waals surface area contributed by atoms with Gasteiger partial charge in [0.15, 0.2) is 0 Å². The van der Waals surface area contributed by atoms with Gasteiger partial charge in [0.1, 0.15) is 0 Å². The molecule has 0 unspecified atom stereocenters. The van der Waals surface area contributed by atoms with Crippen LogP contribution in [0, 0.1) is 6.92 Å². The van der Waals surface area contributed by atoms with E-state index in [1.54, 1.807) is 20.0 Å². The number of rotatable bonds is 1. The minimum absolute atomic E-state index is 0.0735. The predicted octanol–water partition coefficient (Wildman–Crippen LogP) is 1.61. The van der Waals surface area contributed by atoms with Gasteiger partial charge in [0.05, 0.1) is 15.8 Å². The first-order valence-corrected chi connectivity index (χ1v) is 5.16. The number of fused-ring (bicyclic) bond motifs is 1. The molecular formula is C10H9NO3S. The van der Waals surface area contributed by atoms with Crippen LogP contribution in [0.1, 0.15) is 15.9 Å². The average Bonchev–Trinajstić information content (AvgIpc) is 2.43. The van der Waals surface area contributed by atoms with Crippen LogP contribution in [0.25, 0.3) is 10.2 Å². The summed E-state index contributed by atoms with van der Waals surface area (Å²) >= 11 is 1.13. The Morgan fingerprint density at radius 1 is 1.47 bits per heavy atom. The summed E-state index contributed by atoms with van der Waals surface area (Å²) in [6.07, 6.45) is 0. The highest BCUT2D eigenvalue weighted by Crippen LogP contribution is 2.23. The van der Waals surface area contributed by atoms with Gasteiger partial charge >= 0.3 is 10.8 Å². The van der Waals surface area contributed by atoms with Crippen molar-refractivity contribution in [3.05, 3.63) is 32.9 Å². The van der Waals surface area contributed by atoms with Crippen molar-refractivity contribution in [3.63, 3.8) is 0 Å². The highest BCUT2D eigenvalue weighted by Gasteiger charge is 2.13. The molecule has 2 rings (SSSR count). The van der Waals surface area contributed by atoms with E-state index in [9.17, 15) is 9.59 Å². The summed E-state index contributed by atoms with van der Waals surface area (Å²) in [5.74, 6) is -0.965. The number of aryl methyl sites for hydroxylation is 2. The third-order valence-electron chi connectivity index (χ3n) is 2.43. The van der Waals surface area contributed by atoms with Gasteiger partial charge in [0.25, 0.3) is 0 Å². The van der Waals surface area contributed by atoms with Gasteiger partial charge < -0.3 is 9.67 Å². The number of carboxylic acid groups (broad SMARTS) is 1. The number of carbonyl (C=O) groups is 1. The monoisotopic (exact) mass is 223 g/mol. The molecule has 2 aromatic rings. The molecule has 78 valence electrons. The summed E-state index contributed by atoms with van der Waals surface area (Å²) in [6.45, 7) is 1.72. The van der Waals surface area contributed by atoms with Gasteiger partial charge in [-0.25, -0.2) is 4.79 Å². The number of hydrogen-bond acceptors (Lipinski definition) is 3. The fraction of sp³-hybridized carbons (Fsp3) is 0.200. The molecule has 0 bridgehead atoms. The molecule has 0 saturated carbocycles. The van der Waals surface area contributed by atoms with Crippen LogP contribution in [0.2, 0.25) is 0 Å². The Bertz CT molecular complexity index is 609. The van der Waals surface area contributed by atoms with E-state index in [1.807, 2.05) is 0 Å². The molecule has 0 atom stereocenters. The Hall–Kier alpha value is -1.62. The van der Waals surface area contributed by atoms with E-state index in [2.05, 4.69) is 0 Å². The molecule has 1 heterocycles. The molecule has 0 aliphatic rings. The zero-order valence-corrected chi connectivity index (χ0v) is 9.09. The fourth-order valence-electron chi connectivity index (χ4n) is 1.66. The van der Waals surface area contributed by atoms with Crippen LogP contribution in [0.15, 0.2) is 16.9 Å². The molecule has 0 radical (unpaired) electrons. The smallest absolute Gasteiger partial charge is 0.336 e. The molecule has 0 aliphatic carbocycles. The van der Waals surface area contributed by atoms with E-state index in [1.165, 1.54) is 10.6 Å². The maximum atomic E-state index is 11.4. The van der Waals surface area contributed by atoms with Crippen LogP contribution in [0.5, 0.6) is 0 Å². The Labute approximate surface area is 89.4 Å². The number of benzene rings is 1.